The smallest absolute Gasteiger partial charge is 0.174 e. The van der Waals surface area contributed by atoms with E-state index in [0.29, 0.717) is 0 Å². The summed E-state index contributed by atoms with van der Waals surface area (Å²) in [5.41, 5.74) is 0. The fourth-order valence-corrected chi connectivity index (χ4v) is 0.493. The van der Waals surface area contributed by atoms with Crippen molar-refractivity contribution in [3.05, 3.63) is 23.9 Å². The zero-order valence-electron chi connectivity index (χ0n) is 4.35. The lowest BCUT2D eigenvalue weighted by molar-refractivity contribution is 0.401. The largest absolute Gasteiger partial charge is 0.476 e. The number of hydrogen-bond donors (Lipinski definition) is 0. The Balaban J connectivity index is 2.50. The first kappa shape index (κ1) is 4.57. The van der Waals surface area contributed by atoms with Crippen LogP contribution in [0.3, 0.4) is 0 Å². The summed E-state index contributed by atoms with van der Waals surface area (Å²) in [5, 5.41) is 1.28. The molecule has 1 nitrogen and oxygen atoms in total. The van der Waals surface area contributed by atoms with Crippen LogP contribution in [-0.4, -0.2) is 15.1 Å². The summed E-state index contributed by atoms with van der Waals surface area (Å²) in [6, 6.07) is 0. The molecule has 0 bridgehead atoms. The lowest BCUT2D eigenvalue weighted by Crippen LogP contribution is -1.96. The van der Waals surface area contributed by atoms with E-state index in [1.165, 1.54) is 5.37 Å². The predicted molar refractivity (Wildman–Crippen MR) is 34.0 cm³/mol. The molecule has 0 amide bonds. The lowest BCUT2D eigenvalue weighted by Gasteiger charge is -1.98. The van der Waals surface area contributed by atoms with Crippen LogP contribution >= 0.6 is 0 Å². The molecule has 1 heterocycles. The zero-order valence-corrected chi connectivity index (χ0v) is 4.35. The van der Waals surface area contributed by atoms with Gasteiger partial charge in [-0.3, -0.25) is 0 Å². The molecule has 0 aromatic carbocycles. The van der Waals surface area contributed by atoms with Gasteiger partial charge in [0.1, 0.15) is 7.85 Å². The van der Waals surface area contributed by atoms with Crippen molar-refractivity contribution < 1.29 is 4.74 Å². The molecule has 0 aromatic rings. The third-order valence-corrected chi connectivity index (χ3v) is 0.884. The first-order valence-electron chi connectivity index (χ1n) is 2.36. The minimum Gasteiger partial charge on any atom is -0.476 e. The van der Waals surface area contributed by atoms with Crippen LogP contribution in [0.1, 0.15) is 0 Å². The number of ether oxygens (including phenoxy) is 1. The molecule has 7 heavy (non-hydrogen) atoms. The average molecular weight is 91.7 g/mol. The lowest BCUT2D eigenvalue weighted by atomic mass is 9.61. The summed E-state index contributed by atoms with van der Waals surface area (Å²) < 4.78 is 4.84. The van der Waals surface area contributed by atoms with Gasteiger partial charge < -0.3 is 4.74 Å². The Kier molecular flexibility index (Phi) is 1.25. The van der Waals surface area contributed by atoms with Crippen LogP contribution in [0.2, 0.25) is 0 Å². The maximum absolute atomic E-state index is 4.84. The van der Waals surface area contributed by atoms with E-state index < -0.39 is 0 Å². The minimum atomic E-state index is 1.04. The molecule has 34 valence electrons. The molecule has 0 spiro atoms. The third kappa shape index (κ3) is 1.15. The van der Waals surface area contributed by atoms with Crippen molar-refractivity contribution >= 4 is 15.1 Å². The van der Waals surface area contributed by atoms with Gasteiger partial charge in [0.05, 0.1) is 12.5 Å². The van der Waals surface area contributed by atoms with Crippen molar-refractivity contribution in [2.45, 2.75) is 0 Å². The standard InChI is InChI=1S/C4H6B2O/c5-4-3-7-2-1-6-4/h1-3,6H,5H2. The average Bonchev–Trinajstić information content (AvgIpc) is 1.69. The Hall–Kier alpha value is -0.590. The van der Waals surface area contributed by atoms with Crippen molar-refractivity contribution in [3.8, 4) is 0 Å². The fourth-order valence-electron chi connectivity index (χ4n) is 0.493. The maximum atomic E-state index is 4.84. The summed E-state index contributed by atoms with van der Waals surface area (Å²) in [4.78, 5) is 0. The quantitative estimate of drug-likeness (QED) is 0.361. The van der Waals surface area contributed by atoms with Crippen LogP contribution in [-0.2, 0) is 4.74 Å². The number of rotatable bonds is 0. The highest BCUT2D eigenvalue weighted by Crippen LogP contribution is 1.93. The van der Waals surface area contributed by atoms with Gasteiger partial charge in [-0.1, -0.05) is 5.98 Å². The molecule has 0 radical (unpaired) electrons. The zero-order chi connectivity index (χ0) is 5.11. The van der Waals surface area contributed by atoms with Crippen molar-refractivity contribution in [3.63, 3.8) is 0 Å². The van der Waals surface area contributed by atoms with Gasteiger partial charge in [-0.15, -0.1) is 5.37 Å². The van der Waals surface area contributed by atoms with Crippen LogP contribution in [0.5, 0.6) is 0 Å². The Morgan fingerprint density at radius 1 is 1.71 bits per heavy atom. The van der Waals surface area contributed by atoms with Gasteiger partial charge in [0.15, 0.2) is 7.28 Å². The molecule has 1 aliphatic heterocycles. The van der Waals surface area contributed by atoms with Crippen molar-refractivity contribution in [2.75, 3.05) is 0 Å². The first-order chi connectivity index (χ1) is 3.39. The van der Waals surface area contributed by atoms with E-state index in [1.807, 2.05) is 13.8 Å². The summed E-state index contributed by atoms with van der Waals surface area (Å²) >= 11 is 0. The van der Waals surface area contributed by atoms with E-state index in [2.05, 4.69) is 0 Å². The fraction of sp³-hybridized carbons (Fsp3) is 0. The summed E-state index contributed by atoms with van der Waals surface area (Å²) in [5.74, 6) is 2.00. The van der Waals surface area contributed by atoms with Gasteiger partial charge in [-0.05, 0) is 0 Å². The Morgan fingerprint density at radius 3 is 2.86 bits per heavy atom. The second kappa shape index (κ2) is 1.92. The highest BCUT2D eigenvalue weighted by atomic mass is 16.5. The Labute approximate surface area is 44.7 Å². The highest BCUT2D eigenvalue weighted by molar-refractivity contribution is 6.64. The molecular formula is C4H6B2O. The van der Waals surface area contributed by atoms with Crippen molar-refractivity contribution in [1.82, 2.24) is 0 Å². The van der Waals surface area contributed by atoms with Crippen LogP contribution in [0, 0.1) is 0 Å². The van der Waals surface area contributed by atoms with Crippen molar-refractivity contribution in [1.29, 1.82) is 0 Å². The number of hydrogen-bond acceptors (Lipinski definition) is 1. The molecule has 1 rings (SSSR count). The van der Waals surface area contributed by atoms with E-state index >= 15 is 0 Å². The van der Waals surface area contributed by atoms with Crippen LogP contribution in [0.15, 0.2) is 23.9 Å². The summed E-state index contributed by atoms with van der Waals surface area (Å²) in [6.07, 6.45) is 3.47. The molecule has 0 unspecified atom stereocenters. The van der Waals surface area contributed by atoms with Gasteiger partial charge in [0.2, 0.25) is 0 Å². The normalized spacial score (nSPS) is 16.9. The van der Waals surface area contributed by atoms with Crippen molar-refractivity contribution in [2.24, 2.45) is 0 Å². The van der Waals surface area contributed by atoms with Gasteiger partial charge in [0.25, 0.3) is 0 Å². The second-order valence-corrected chi connectivity index (χ2v) is 1.68. The SMILES string of the molecule is BC1=COC=CB1. The van der Waals surface area contributed by atoms with Crippen LogP contribution < -0.4 is 0 Å². The van der Waals surface area contributed by atoms with Crippen LogP contribution in [0.4, 0.5) is 0 Å². The van der Waals surface area contributed by atoms with Gasteiger partial charge in [-0.25, -0.2) is 0 Å². The molecule has 1 aliphatic rings. The molecule has 0 atom stereocenters. The first-order valence-corrected chi connectivity index (χ1v) is 2.36. The Morgan fingerprint density at radius 2 is 2.57 bits per heavy atom. The highest BCUT2D eigenvalue weighted by Gasteiger charge is 1.91. The van der Waals surface area contributed by atoms with Crippen LogP contribution in [0.25, 0.3) is 0 Å². The maximum Gasteiger partial charge on any atom is 0.174 e. The predicted octanol–water partition coefficient (Wildman–Crippen LogP) is -0.644. The van der Waals surface area contributed by atoms with Gasteiger partial charge in [-0.2, -0.15) is 0 Å². The molecular weight excluding hydrogens is 85.7 g/mol. The molecule has 0 saturated heterocycles. The topological polar surface area (TPSA) is 9.23 Å². The molecule has 3 heteroatoms. The third-order valence-electron chi connectivity index (χ3n) is 0.884. The Bertz CT molecular complexity index is 117. The summed E-state index contributed by atoms with van der Waals surface area (Å²) in [7, 11) is 3.09. The van der Waals surface area contributed by atoms with E-state index in [1.54, 1.807) is 12.5 Å². The van der Waals surface area contributed by atoms with E-state index in [-0.39, 0.29) is 0 Å². The van der Waals surface area contributed by atoms with E-state index in [9.17, 15) is 0 Å². The van der Waals surface area contributed by atoms with Gasteiger partial charge in [0, 0.05) is 0 Å². The molecule has 0 fully saturated rings. The minimum absolute atomic E-state index is 1.04. The molecule has 0 aliphatic carbocycles. The molecule has 0 saturated carbocycles. The van der Waals surface area contributed by atoms with E-state index in [0.717, 1.165) is 7.28 Å². The van der Waals surface area contributed by atoms with E-state index in [4.69, 9.17) is 4.74 Å². The molecule has 0 N–H and O–H groups in total. The second-order valence-electron chi connectivity index (χ2n) is 1.68. The summed E-state index contributed by atoms with van der Waals surface area (Å²) in [6.45, 7) is 0. The van der Waals surface area contributed by atoms with Gasteiger partial charge >= 0.3 is 0 Å². The monoisotopic (exact) mass is 92.1 g/mol. The molecule has 0 aromatic heterocycles.